The molecule has 0 unspecified atom stereocenters. The molecule has 0 aromatic heterocycles. The molecule has 0 saturated carbocycles. The SMILES string of the molecule is CCCCCCCC(F)(F)C(F)(F)Br. The summed E-state index contributed by atoms with van der Waals surface area (Å²) < 4.78 is 49.8. The predicted molar refractivity (Wildman–Crippen MR) is 52.2 cm³/mol. The molecule has 0 heterocycles. The van der Waals surface area contributed by atoms with E-state index in [2.05, 4.69) is 0 Å². The Bertz CT molecular complexity index is 153. The fraction of sp³-hybridized carbons (Fsp3) is 1.00. The first-order valence-corrected chi connectivity index (χ1v) is 5.55. The lowest BCUT2D eigenvalue weighted by atomic mass is 10.1. The molecule has 0 bridgehead atoms. The highest BCUT2D eigenvalue weighted by molar-refractivity contribution is 9.10. The summed E-state index contributed by atoms with van der Waals surface area (Å²) in [5.74, 6) is -3.93. The van der Waals surface area contributed by atoms with E-state index < -0.39 is 17.2 Å². The maximum absolute atomic E-state index is 12.6. The van der Waals surface area contributed by atoms with Crippen LogP contribution in [0, 0.1) is 0 Å². The van der Waals surface area contributed by atoms with Crippen LogP contribution in [-0.2, 0) is 0 Å². The molecule has 0 N–H and O–H groups in total. The molecule has 0 amide bonds. The molecule has 0 fully saturated rings. The van der Waals surface area contributed by atoms with Gasteiger partial charge >= 0.3 is 10.8 Å². The average Bonchev–Trinajstić information content (AvgIpc) is 2.02. The summed E-state index contributed by atoms with van der Waals surface area (Å²) in [4.78, 5) is -4.08. The first kappa shape index (κ1) is 14.2. The van der Waals surface area contributed by atoms with Gasteiger partial charge in [-0.05, 0) is 22.4 Å². The van der Waals surface area contributed by atoms with Crippen molar-refractivity contribution in [1.29, 1.82) is 0 Å². The van der Waals surface area contributed by atoms with Crippen molar-refractivity contribution in [2.24, 2.45) is 0 Å². The summed E-state index contributed by atoms with van der Waals surface area (Å²) in [5, 5.41) is 0. The summed E-state index contributed by atoms with van der Waals surface area (Å²) in [6, 6.07) is 0. The summed E-state index contributed by atoms with van der Waals surface area (Å²) in [6.07, 6.45) is 2.79. The lowest BCUT2D eigenvalue weighted by Gasteiger charge is -2.21. The standard InChI is InChI=1S/C9H15BrF4/c1-2-3-4-5-6-7-8(11,12)9(10,13)14/h2-7H2,1H3. The lowest BCUT2D eigenvalue weighted by Crippen LogP contribution is -2.34. The molecule has 14 heavy (non-hydrogen) atoms. The van der Waals surface area contributed by atoms with Crippen LogP contribution in [0.5, 0.6) is 0 Å². The highest BCUT2D eigenvalue weighted by Crippen LogP contribution is 2.42. The van der Waals surface area contributed by atoms with E-state index in [-0.39, 0.29) is 6.42 Å². The van der Waals surface area contributed by atoms with Crippen LogP contribution < -0.4 is 0 Å². The minimum Gasteiger partial charge on any atom is -0.199 e. The molecule has 5 heteroatoms. The van der Waals surface area contributed by atoms with E-state index in [0.717, 1.165) is 19.3 Å². The van der Waals surface area contributed by atoms with E-state index >= 15 is 0 Å². The Hall–Kier alpha value is 0.200. The Balaban J connectivity index is 3.67. The van der Waals surface area contributed by atoms with Gasteiger partial charge in [-0.2, -0.15) is 17.6 Å². The maximum Gasteiger partial charge on any atom is 0.363 e. The first-order valence-electron chi connectivity index (χ1n) is 4.76. The third-order valence-electron chi connectivity index (χ3n) is 2.01. The number of hydrogen-bond donors (Lipinski definition) is 0. The predicted octanol–water partition coefficient (Wildman–Crippen LogP) is 4.97. The number of halogens is 5. The second-order valence-electron chi connectivity index (χ2n) is 3.37. The van der Waals surface area contributed by atoms with E-state index in [0.29, 0.717) is 6.42 Å². The Morgan fingerprint density at radius 1 is 0.929 bits per heavy atom. The molecule has 0 aromatic rings. The van der Waals surface area contributed by atoms with Gasteiger partial charge in [0, 0.05) is 6.42 Å². The summed E-state index contributed by atoms with van der Waals surface area (Å²) in [5.41, 5.74) is 0. The molecule has 0 aliphatic carbocycles. The number of alkyl halides is 5. The molecule has 0 aliphatic rings. The van der Waals surface area contributed by atoms with Crippen molar-refractivity contribution in [3.05, 3.63) is 0 Å². The average molecular weight is 279 g/mol. The highest BCUT2D eigenvalue weighted by Gasteiger charge is 2.53. The van der Waals surface area contributed by atoms with Crippen molar-refractivity contribution in [1.82, 2.24) is 0 Å². The summed E-state index contributed by atoms with van der Waals surface area (Å²) in [6.45, 7) is 2.00. The molecule has 0 rings (SSSR count). The molecule has 0 aliphatic heterocycles. The Morgan fingerprint density at radius 3 is 1.86 bits per heavy atom. The van der Waals surface area contributed by atoms with Crippen LogP contribution in [0.25, 0.3) is 0 Å². The molecule has 86 valence electrons. The van der Waals surface area contributed by atoms with Gasteiger partial charge in [0.15, 0.2) is 0 Å². The van der Waals surface area contributed by atoms with E-state index in [1.54, 1.807) is 15.9 Å². The smallest absolute Gasteiger partial charge is 0.199 e. The van der Waals surface area contributed by atoms with Crippen LogP contribution in [-0.4, -0.2) is 10.8 Å². The third kappa shape index (κ3) is 5.17. The van der Waals surface area contributed by atoms with E-state index in [1.165, 1.54) is 0 Å². The number of unbranched alkanes of at least 4 members (excludes halogenated alkanes) is 4. The number of rotatable bonds is 7. The maximum atomic E-state index is 12.6. The molecular formula is C9H15BrF4. The zero-order valence-electron chi connectivity index (χ0n) is 8.13. The molecule has 0 atom stereocenters. The van der Waals surface area contributed by atoms with Gasteiger partial charge in [0.1, 0.15) is 0 Å². The largest absolute Gasteiger partial charge is 0.363 e. The topological polar surface area (TPSA) is 0 Å². The number of hydrogen-bond acceptors (Lipinski definition) is 0. The highest BCUT2D eigenvalue weighted by atomic mass is 79.9. The second-order valence-corrected chi connectivity index (χ2v) is 4.36. The van der Waals surface area contributed by atoms with Gasteiger partial charge in [0.05, 0.1) is 0 Å². The van der Waals surface area contributed by atoms with Gasteiger partial charge < -0.3 is 0 Å². The Kier molecular flexibility index (Phi) is 6.02. The summed E-state index contributed by atoms with van der Waals surface area (Å²) in [7, 11) is 0. The molecule has 0 saturated heterocycles. The minimum absolute atomic E-state index is 0.147. The van der Waals surface area contributed by atoms with E-state index in [4.69, 9.17) is 0 Å². The van der Waals surface area contributed by atoms with Crippen LogP contribution >= 0.6 is 15.9 Å². The third-order valence-corrected chi connectivity index (χ3v) is 2.59. The molecule has 0 radical (unpaired) electrons. The van der Waals surface area contributed by atoms with Crippen LogP contribution in [0.1, 0.15) is 45.4 Å². The first-order chi connectivity index (χ1) is 6.31. The van der Waals surface area contributed by atoms with Crippen molar-refractivity contribution in [2.45, 2.75) is 56.2 Å². The molecule has 0 nitrogen and oxygen atoms in total. The minimum atomic E-state index is -4.08. The quantitative estimate of drug-likeness (QED) is 0.350. The van der Waals surface area contributed by atoms with Crippen molar-refractivity contribution >= 4 is 15.9 Å². The van der Waals surface area contributed by atoms with Gasteiger partial charge in [-0.3, -0.25) is 0 Å². The van der Waals surface area contributed by atoms with Crippen molar-refractivity contribution in [3.8, 4) is 0 Å². The zero-order chi connectivity index (χ0) is 11.2. The molecular weight excluding hydrogens is 264 g/mol. The fourth-order valence-corrected chi connectivity index (χ4v) is 1.29. The molecule has 0 spiro atoms. The van der Waals surface area contributed by atoms with Crippen LogP contribution in [0.3, 0.4) is 0 Å². The van der Waals surface area contributed by atoms with Crippen LogP contribution in [0.4, 0.5) is 17.6 Å². The van der Waals surface area contributed by atoms with Crippen molar-refractivity contribution < 1.29 is 17.6 Å². The summed E-state index contributed by atoms with van der Waals surface area (Å²) >= 11 is 1.70. The molecule has 0 aromatic carbocycles. The van der Waals surface area contributed by atoms with Gasteiger partial charge in [0.25, 0.3) is 0 Å². The zero-order valence-corrected chi connectivity index (χ0v) is 9.72. The van der Waals surface area contributed by atoms with Gasteiger partial charge in [-0.15, -0.1) is 0 Å². The van der Waals surface area contributed by atoms with Crippen molar-refractivity contribution in [2.75, 3.05) is 0 Å². The van der Waals surface area contributed by atoms with Crippen LogP contribution in [0.15, 0.2) is 0 Å². The Labute approximate surface area is 90.2 Å². The normalized spacial score (nSPS) is 13.3. The van der Waals surface area contributed by atoms with E-state index in [1.807, 2.05) is 6.92 Å². The van der Waals surface area contributed by atoms with E-state index in [9.17, 15) is 17.6 Å². The van der Waals surface area contributed by atoms with Gasteiger partial charge in [-0.25, -0.2) is 0 Å². The van der Waals surface area contributed by atoms with Gasteiger partial charge in [0.2, 0.25) is 0 Å². The fourth-order valence-electron chi connectivity index (χ4n) is 1.09. The second kappa shape index (κ2) is 5.93. The van der Waals surface area contributed by atoms with Gasteiger partial charge in [-0.1, -0.05) is 32.6 Å². The Morgan fingerprint density at radius 2 is 1.43 bits per heavy atom. The lowest BCUT2D eigenvalue weighted by molar-refractivity contribution is -0.151. The van der Waals surface area contributed by atoms with Crippen LogP contribution in [0.2, 0.25) is 0 Å². The monoisotopic (exact) mass is 278 g/mol. The van der Waals surface area contributed by atoms with Crippen molar-refractivity contribution in [3.63, 3.8) is 0 Å².